The molecule has 0 heterocycles. The first kappa shape index (κ1) is 17.5. The van der Waals surface area contributed by atoms with Crippen LogP contribution in [0.5, 0.6) is 0 Å². The summed E-state index contributed by atoms with van der Waals surface area (Å²) >= 11 is 0. The van der Waals surface area contributed by atoms with E-state index in [1.807, 2.05) is 0 Å². The van der Waals surface area contributed by atoms with Crippen molar-refractivity contribution in [2.45, 2.75) is 12.6 Å². The Morgan fingerprint density at radius 3 is 2.29 bits per heavy atom. The minimum atomic E-state index is -4.39. The highest BCUT2D eigenvalue weighted by molar-refractivity contribution is 5.98. The van der Waals surface area contributed by atoms with Crippen LogP contribution in [0.3, 0.4) is 0 Å². The lowest BCUT2D eigenvalue weighted by molar-refractivity contribution is -0.385. The zero-order valence-corrected chi connectivity index (χ0v) is 12.3. The third kappa shape index (κ3) is 4.31. The van der Waals surface area contributed by atoms with E-state index < -0.39 is 22.6 Å². The van der Waals surface area contributed by atoms with Crippen LogP contribution in [0.25, 0.3) is 0 Å². The first-order valence-electron chi connectivity index (χ1n) is 6.97. The molecule has 2 rings (SSSR count). The highest BCUT2D eigenvalue weighted by Gasteiger charge is 2.29. The van der Waals surface area contributed by atoms with Gasteiger partial charge in [0.15, 0.2) is 0 Å². The number of para-hydroxylation sites is 1. The molecule has 0 spiro atoms. The van der Waals surface area contributed by atoms with E-state index in [1.165, 1.54) is 36.4 Å². The second-order valence-corrected chi connectivity index (χ2v) is 4.97. The predicted molar refractivity (Wildman–Crippen MR) is 80.6 cm³/mol. The van der Waals surface area contributed by atoms with Gasteiger partial charge in [-0.3, -0.25) is 14.9 Å². The van der Waals surface area contributed by atoms with E-state index in [4.69, 9.17) is 0 Å². The highest BCUT2D eigenvalue weighted by Crippen LogP contribution is 2.29. The molecule has 24 heavy (non-hydrogen) atoms. The predicted octanol–water partition coefficient (Wildman–Crippen LogP) is 3.59. The van der Waals surface area contributed by atoms with Gasteiger partial charge in [-0.05, 0) is 30.2 Å². The number of nitrogens with zero attached hydrogens (tertiary/aromatic N) is 1. The van der Waals surface area contributed by atoms with Crippen LogP contribution in [0.4, 0.5) is 18.9 Å². The largest absolute Gasteiger partial charge is 0.416 e. The molecule has 0 unspecified atom stereocenters. The Morgan fingerprint density at radius 2 is 1.71 bits per heavy atom. The standard InChI is InChI=1S/C16H13F3N2O3/c17-16(18,19)12-7-5-11(6-8-12)9-10-20-15(22)13-3-1-2-4-14(13)21(23)24/h1-8H,9-10H2,(H,20,22). The van der Waals surface area contributed by atoms with Crippen LogP contribution in [0.15, 0.2) is 48.5 Å². The minimum absolute atomic E-state index is 0.0603. The van der Waals surface area contributed by atoms with Gasteiger partial charge in [-0.2, -0.15) is 13.2 Å². The molecule has 0 saturated carbocycles. The van der Waals surface area contributed by atoms with Crippen molar-refractivity contribution in [1.82, 2.24) is 5.32 Å². The van der Waals surface area contributed by atoms with Crippen molar-refractivity contribution in [3.8, 4) is 0 Å². The lowest BCUT2D eigenvalue weighted by atomic mass is 10.1. The van der Waals surface area contributed by atoms with Crippen molar-refractivity contribution in [3.63, 3.8) is 0 Å². The van der Waals surface area contributed by atoms with Crippen LogP contribution >= 0.6 is 0 Å². The molecule has 5 nitrogen and oxygen atoms in total. The highest BCUT2D eigenvalue weighted by atomic mass is 19.4. The summed E-state index contributed by atoms with van der Waals surface area (Å²) in [6.07, 6.45) is -4.08. The fraction of sp³-hybridized carbons (Fsp3) is 0.188. The van der Waals surface area contributed by atoms with E-state index in [1.54, 1.807) is 0 Å². The van der Waals surface area contributed by atoms with Crippen molar-refractivity contribution in [1.29, 1.82) is 0 Å². The average Bonchev–Trinajstić information content (AvgIpc) is 2.54. The Bertz CT molecular complexity index is 743. The second-order valence-electron chi connectivity index (χ2n) is 4.97. The van der Waals surface area contributed by atoms with Crippen molar-refractivity contribution in [3.05, 3.63) is 75.3 Å². The molecule has 0 atom stereocenters. The van der Waals surface area contributed by atoms with Crippen molar-refractivity contribution < 1.29 is 22.9 Å². The molecule has 0 aromatic heterocycles. The molecule has 8 heteroatoms. The Balaban J connectivity index is 1.95. The zero-order valence-electron chi connectivity index (χ0n) is 12.3. The van der Waals surface area contributed by atoms with E-state index in [0.717, 1.165) is 12.1 Å². The molecule has 0 aliphatic carbocycles. The molecule has 126 valence electrons. The number of carbonyl (C=O) groups is 1. The van der Waals surface area contributed by atoms with Gasteiger partial charge >= 0.3 is 6.18 Å². The van der Waals surface area contributed by atoms with E-state index in [2.05, 4.69) is 5.32 Å². The number of nitrogens with one attached hydrogen (secondary N) is 1. The fourth-order valence-corrected chi connectivity index (χ4v) is 2.10. The van der Waals surface area contributed by atoms with Crippen LogP contribution in [0, 0.1) is 10.1 Å². The lowest BCUT2D eigenvalue weighted by Gasteiger charge is -2.08. The molecule has 0 saturated heterocycles. The summed E-state index contributed by atoms with van der Waals surface area (Å²) in [5.74, 6) is -0.603. The summed E-state index contributed by atoms with van der Waals surface area (Å²) in [5.41, 5.74) is -0.486. The number of nitro benzene ring substituents is 1. The Labute approximate surface area is 135 Å². The molecule has 1 N–H and O–H groups in total. The maximum absolute atomic E-state index is 12.5. The molecule has 0 bridgehead atoms. The molecular weight excluding hydrogens is 325 g/mol. The zero-order chi connectivity index (χ0) is 17.7. The topological polar surface area (TPSA) is 72.2 Å². The Hall–Kier alpha value is -2.90. The van der Waals surface area contributed by atoms with Gasteiger partial charge in [-0.1, -0.05) is 24.3 Å². The second kappa shape index (κ2) is 7.12. The quantitative estimate of drug-likeness (QED) is 0.669. The van der Waals surface area contributed by atoms with Gasteiger partial charge in [-0.25, -0.2) is 0 Å². The monoisotopic (exact) mass is 338 g/mol. The normalized spacial score (nSPS) is 11.1. The fourth-order valence-electron chi connectivity index (χ4n) is 2.10. The van der Waals surface area contributed by atoms with Gasteiger partial charge in [0.2, 0.25) is 0 Å². The van der Waals surface area contributed by atoms with Crippen LogP contribution < -0.4 is 5.32 Å². The minimum Gasteiger partial charge on any atom is -0.351 e. The maximum atomic E-state index is 12.5. The number of halogens is 3. The van der Waals surface area contributed by atoms with Gasteiger partial charge in [0.05, 0.1) is 10.5 Å². The van der Waals surface area contributed by atoms with E-state index >= 15 is 0 Å². The number of alkyl halides is 3. The molecule has 1 amide bonds. The molecule has 0 fully saturated rings. The first-order chi connectivity index (χ1) is 11.3. The van der Waals surface area contributed by atoms with Crippen LogP contribution in [0.1, 0.15) is 21.5 Å². The molecule has 2 aromatic rings. The van der Waals surface area contributed by atoms with Crippen molar-refractivity contribution in [2.75, 3.05) is 6.54 Å². The lowest BCUT2D eigenvalue weighted by Crippen LogP contribution is -2.26. The third-order valence-corrected chi connectivity index (χ3v) is 3.33. The number of carbonyl (C=O) groups excluding carboxylic acids is 1. The summed E-state index contributed by atoms with van der Waals surface area (Å²) in [4.78, 5) is 22.2. The summed E-state index contributed by atoms with van der Waals surface area (Å²) in [5, 5.41) is 13.4. The number of benzene rings is 2. The van der Waals surface area contributed by atoms with E-state index in [0.29, 0.717) is 12.0 Å². The number of nitro groups is 1. The van der Waals surface area contributed by atoms with Crippen molar-refractivity contribution in [2.24, 2.45) is 0 Å². The van der Waals surface area contributed by atoms with Crippen LogP contribution in [0.2, 0.25) is 0 Å². The summed E-state index contributed by atoms with van der Waals surface area (Å²) in [6.45, 7) is 0.149. The Kier molecular flexibility index (Phi) is 5.18. The first-order valence-corrected chi connectivity index (χ1v) is 6.97. The van der Waals surface area contributed by atoms with Gasteiger partial charge in [0, 0.05) is 12.6 Å². The molecule has 0 radical (unpaired) electrons. The number of hydrogen-bond acceptors (Lipinski definition) is 3. The molecular formula is C16H13F3N2O3. The average molecular weight is 338 g/mol. The molecule has 2 aromatic carbocycles. The van der Waals surface area contributed by atoms with Gasteiger partial charge in [0.1, 0.15) is 5.56 Å². The van der Waals surface area contributed by atoms with Crippen molar-refractivity contribution >= 4 is 11.6 Å². The molecule has 0 aliphatic heterocycles. The molecule has 0 aliphatic rings. The Morgan fingerprint density at radius 1 is 1.08 bits per heavy atom. The maximum Gasteiger partial charge on any atom is 0.416 e. The van der Waals surface area contributed by atoms with E-state index in [9.17, 15) is 28.1 Å². The number of hydrogen-bond donors (Lipinski definition) is 1. The third-order valence-electron chi connectivity index (χ3n) is 3.33. The SMILES string of the molecule is O=C(NCCc1ccc(C(F)(F)F)cc1)c1ccccc1[N+](=O)[O-]. The van der Waals surface area contributed by atoms with Crippen LogP contribution in [-0.4, -0.2) is 17.4 Å². The summed E-state index contributed by atoms with van der Waals surface area (Å²) in [7, 11) is 0. The van der Waals surface area contributed by atoms with E-state index in [-0.39, 0.29) is 17.8 Å². The number of amides is 1. The number of rotatable bonds is 5. The van der Waals surface area contributed by atoms with Gasteiger partial charge in [-0.15, -0.1) is 0 Å². The summed E-state index contributed by atoms with van der Waals surface area (Å²) in [6, 6.07) is 10.1. The van der Waals surface area contributed by atoms with Crippen LogP contribution in [-0.2, 0) is 12.6 Å². The van der Waals surface area contributed by atoms with Gasteiger partial charge < -0.3 is 5.32 Å². The van der Waals surface area contributed by atoms with Gasteiger partial charge in [0.25, 0.3) is 11.6 Å². The summed E-state index contributed by atoms with van der Waals surface area (Å²) < 4.78 is 37.4. The smallest absolute Gasteiger partial charge is 0.351 e.